The smallest absolute Gasteiger partial charge is 0.240 e. The normalized spacial score (nSPS) is 10.7. The third kappa shape index (κ3) is 6.82. The first-order valence-electron chi connectivity index (χ1n) is 7.76. The number of rotatable bonds is 7. The highest BCUT2D eigenvalue weighted by molar-refractivity contribution is 6.42. The first-order chi connectivity index (χ1) is 12.4. The number of hydrogen-bond donors (Lipinski definition) is 2. The fourth-order valence-electron chi connectivity index (χ4n) is 1.99. The maximum absolute atomic E-state index is 12.8. The number of hydrogen-bond acceptors (Lipinski definition) is 3. The number of nitrogens with one attached hydrogen (secondary N) is 2. The topological polar surface area (TPSA) is 70.6 Å². The maximum Gasteiger partial charge on any atom is 0.240 e. The number of amides is 2. The molecule has 0 aliphatic rings. The van der Waals surface area contributed by atoms with E-state index >= 15 is 0 Å². The van der Waals surface area contributed by atoms with Crippen LogP contribution in [0.15, 0.2) is 47.6 Å². The number of nitrogens with zero attached hydrogens (tertiary/aromatic N) is 1. The quantitative estimate of drug-likeness (QED) is 0.538. The monoisotopic (exact) mass is 395 g/mol. The summed E-state index contributed by atoms with van der Waals surface area (Å²) >= 11 is 11.7. The van der Waals surface area contributed by atoms with Gasteiger partial charge in [-0.3, -0.25) is 9.59 Å². The Labute approximate surface area is 160 Å². The van der Waals surface area contributed by atoms with Crippen LogP contribution in [0.2, 0.25) is 10.0 Å². The Hall–Kier alpha value is -2.44. The zero-order valence-corrected chi connectivity index (χ0v) is 15.1. The molecule has 0 bridgehead atoms. The molecule has 8 heteroatoms. The second-order valence-electron chi connectivity index (χ2n) is 5.38. The van der Waals surface area contributed by atoms with Crippen molar-refractivity contribution in [2.24, 2.45) is 5.10 Å². The highest BCUT2D eigenvalue weighted by Crippen LogP contribution is 2.25. The van der Waals surface area contributed by atoms with Crippen LogP contribution in [-0.2, 0) is 9.59 Å². The van der Waals surface area contributed by atoms with Gasteiger partial charge in [-0.25, -0.2) is 9.82 Å². The van der Waals surface area contributed by atoms with Crippen LogP contribution < -0.4 is 10.7 Å². The van der Waals surface area contributed by atoms with Crippen LogP contribution in [0.4, 0.5) is 10.1 Å². The van der Waals surface area contributed by atoms with Crippen LogP contribution in [0.5, 0.6) is 0 Å². The summed E-state index contributed by atoms with van der Waals surface area (Å²) in [7, 11) is 0. The van der Waals surface area contributed by atoms with E-state index in [1.54, 1.807) is 30.3 Å². The molecule has 0 radical (unpaired) electrons. The summed E-state index contributed by atoms with van der Waals surface area (Å²) in [6.07, 6.45) is 2.10. The lowest BCUT2D eigenvalue weighted by atomic mass is 10.2. The van der Waals surface area contributed by atoms with Crippen LogP contribution in [0, 0.1) is 5.82 Å². The molecule has 0 atom stereocenters. The standard InChI is InChI=1S/C18H16Cl2FN3O2/c19-15-9-8-14(10-16(15)20)23-17(25)2-1-3-18(26)24-22-11-12-4-6-13(21)7-5-12/h4-11H,1-3H2,(H,23,25)(H,24,26)/b22-11-. The molecule has 0 aliphatic heterocycles. The van der Waals surface area contributed by atoms with Crippen LogP contribution in [0.3, 0.4) is 0 Å². The summed E-state index contributed by atoms with van der Waals surface area (Å²) < 4.78 is 12.8. The molecule has 2 rings (SSSR count). The molecule has 0 fully saturated rings. The van der Waals surface area contributed by atoms with E-state index in [-0.39, 0.29) is 30.5 Å². The first-order valence-corrected chi connectivity index (χ1v) is 8.52. The van der Waals surface area contributed by atoms with Gasteiger partial charge in [-0.15, -0.1) is 0 Å². The molecule has 26 heavy (non-hydrogen) atoms. The minimum Gasteiger partial charge on any atom is -0.326 e. The Morgan fingerprint density at radius 2 is 1.69 bits per heavy atom. The average Bonchev–Trinajstić information content (AvgIpc) is 2.60. The lowest BCUT2D eigenvalue weighted by molar-refractivity contribution is -0.121. The summed E-state index contributed by atoms with van der Waals surface area (Å²) in [5.41, 5.74) is 3.56. The molecule has 2 aromatic carbocycles. The van der Waals surface area contributed by atoms with E-state index in [4.69, 9.17) is 23.2 Å². The van der Waals surface area contributed by atoms with Crippen LogP contribution in [0.1, 0.15) is 24.8 Å². The van der Waals surface area contributed by atoms with E-state index in [1.165, 1.54) is 18.3 Å². The molecule has 136 valence electrons. The molecule has 0 aromatic heterocycles. The van der Waals surface area contributed by atoms with Gasteiger partial charge in [0.15, 0.2) is 0 Å². The number of anilines is 1. The van der Waals surface area contributed by atoms with E-state index in [0.29, 0.717) is 27.7 Å². The van der Waals surface area contributed by atoms with Crippen molar-refractivity contribution in [3.63, 3.8) is 0 Å². The fourth-order valence-corrected chi connectivity index (χ4v) is 2.29. The third-order valence-corrected chi connectivity index (χ3v) is 4.02. The molecule has 2 N–H and O–H groups in total. The molecule has 0 saturated carbocycles. The van der Waals surface area contributed by atoms with Gasteiger partial charge in [-0.05, 0) is 42.3 Å². The van der Waals surface area contributed by atoms with Crippen molar-refractivity contribution in [2.45, 2.75) is 19.3 Å². The maximum atomic E-state index is 12.8. The first kappa shape index (κ1) is 19.9. The van der Waals surface area contributed by atoms with Crippen molar-refractivity contribution in [2.75, 3.05) is 5.32 Å². The van der Waals surface area contributed by atoms with Gasteiger partial charge >= 0.3 is 0 Å². The van der Waals surface area contributed by atoms with Crippen molar-refractivity contribution >= 4 is 46.9 Å². The van der Waals surface area contributed by atoms with Crippen LogP contribution in [0.25, 0.3) is 0 Å². The van der Waals surface area contributed by atoms with Crippen LogP contribution >= 0.6 is 23.2 Å². The molecule has 0 spiro atoms. The summed E-state index contributed by atoms with van der Waals surface area (Å²) in [6.45, 7) is 0. The molecule has 0 unspecified atom stereocenters. The second kappa shape index (κ2) is 9.89. The fraction of sp³-hybridized carbons (Fsp3) is 0.167. The Morgan fingerprint density at radius 3 is 2.38 bits per heavy atom. The van der Waals surface area contributed by atoms with Gasteiger partial charge in [0.05, 0.1) is 16.3 Å². The Bertz CT molecular complexity index is 811. The van der Waals surface area contributed by atoms with E-state index in [0.717, 1.165) is 0 Å². The molecule has 2 amide bonds. The third-order valence-electron chi connectivity index (χ3n) is 3.28. The van der Waals surface area contributed by atoms with Crippen LogP contribution in [-0.4, -0.2) is 18.0 Å². The highest BCUT2D eigenvalue weighted by atomic mass is 35.5. The molecule has 2 aromatic rings. The number of benzene rings is 2. The second-order valence-corrected chi connectivity index (χ2v) is 6.19. The zero-order chi connectivity index (χ0) is 18.9. The lowest BCUT2D eigenvalue weighted by Crippen LogP contribution is -2.18. The predicted octanol–water partition coefficient (Wildman–Crippen LogP) is 4.39. The number of carbonyl (C=O) groups excluding carboxylic acids is 2. The summed E-state index contributed by atoms with van der Waals surface area (Å²) in [4.78, 5) is 23.5. The van der Waals surface area contributed by atoms with E-state index in [2.05, 4.69) is 15.8 Å². The molecular weight excluding hydrogens is 380 g/mol. The molecule has 0 aliphatic carbocycles. The number of halogens is 3. The SMILES string of the molecule is O=C(CCCC(=O)Nc1ccc(Cl)c(Cl)c1)N/N=C\c1ccc(F)cc1. The van der Waals surface area contributed by atoms with Crippen molar-refractivity contribution in [1.82, 2.24) is 5.43 Å². The minimum atomic E-state index is -0.342. The van der Waals surface area contributed by atoms with Gasteiger partial charge in [0.25, 0.3) is 0 Å². The predicted molar refractivity (Wildman–Crippen MR) is 101 cm³/mol. The largest absolute Gasteiger partial charge is 0.326 e. The van der Waals surface area contributed by atoms with Crippen molar-refractivity contribution in [3.05, 3.63) is 63.9 Å². The van der Waals surface area contributed by atoms with Crippen molar-refractivity contribution < 1.29 is 14.0 Å². The highest BCUT2D eigenvalue weighted by Gasteiger charge is 2.06. The number of hydrazone groups is 1. The Balaban J connectivity index is 1.68. The number of carbonyl (C=O) groups is 2. The van der Waals surface area contributed by atoms with Gasteiger partial charge in [0, 0.05) is 18.5 Å². The van der Waals surface area contributed by atoms with Gasteiger partial charge < -0.3 is 5.32 Å². The lowest BCUT2D eigenvalue weighted by Gasteiger charge is -2.06. The van der Waals surface area contributed by atoms with Gasteiger partial charge in [0.2, 0.25) is 11.8 Å². The van der Waals surface area contributed by atoms with Crippen molar-refractivity contribution in [3.8, 4) is 0 Å². The van der Waals surface area contributed by atoms with Gasteiger partial charge in [-0.2, -0.15) is 5.10 Å². The molecule has 0 heterocycles. The average molecular weight is 396 g/mol. The summed E-state index contributed by atoms with van der Waals surface area (Å²) in [5.74, 6) is -0.887. The van der Waals surface area contributed by atoms with Gasteiger partial charge in [-0.1, -0.05) is 35.3 Å². The Kier molecular flexibility index (Phi) is 7.56. The van der Waals surface area contributed by atoms with Crippen molar-refractivity contribution in [1.29, 1.82) is 0 Å². The summed E-state index contributed by atoms with van der Waals surface area (Å²) in [5, 5.41) is 7.21. The molecule has 5 nitrogen and oxygen atoms in total. The summed E-state index contributed by atoms with van der Waals surface area (Å²) in [6, 6.07) is 10.5. The molecule has 0 saturated heterocycles. The van der Waals surface area contributed by atoms with E-state index in [1.807, 2.05) is 0 Å². The van der Waals surface area contributed by atoms with E-state index < -0.39 is 0 Å². The van der Waals surface area contributed by atoms with E-state index in [9.17, 15) is 14.0 Å². The zero-order valence-electron chi connectivity index (χ0n) is 13.6. The van der Waals surface area contributed by atoms with Gasteiger partial charge in [0.1, 0.15) is 5.82 Å². The minimum absolute atomic E-state index is 0.148. The Morgan fingerprint density at radius 1 is 1.00 bits per heavy atom. The molecular formula is C18H16Cl2FN3O2.